The molecule has 3 heterocycles. The fourth-order valence-corrected chi connectivity index (χ4v) is 3.97. The van der Waals surface area contributed by atoms with Crippen molar-refractivity contribution in [3.8, 4) is 0 Å². The van der Waals surface area contributed by atoms with Crippen LogP contribution in [0.25, 0.3) is 0 Å². The highest BCUT2D eigenvalue weighted by Gasteiger charge is 2.56. The normalized spacial score (nSPS) is 36.0. The lowest BCUT2D eigenvalue weighted by molar-refractivity contribution is -0.0580. The highest BCUT2D eigenvalue weighted by molar-refractivity contribution is 7.10. The third-order valence-corrected chi connectivity index (χ3v) is 5.09. The second kappa shape index (κ2) is 2.62. The van der Waals surface area contributed by atoms with Crippen molar-refractivity contribution >= 4 is 11.3 Å². The topological polar surface area (TPSA) is 34.2 Å². The summed E-state index contributed by atoms with van der Waals surface area (Å²) in [7, 11) is 0. The van der Waals surface area contributed by atoms with Gasteiger partial charge in [0.1, 0.15) is 5.60 Å². The zero-order chi connectivity index (χ0) is 9.93. The molecule has 1 aromatic rings. The number of hydrogen-bond donors (Lipinski definition) is 1. The maximum Gasteiger partial charge on any atom is 0.118 e. The lowest BCUT2D eigenvalue weighted by Crippen LogP contribution is -2.40. The molecule has 0 bridgehead atoms. The van der Waals surface area contributed by atoms with E-state index in [0.717, 1.165) is 26.1 Å². The minimum Gasteiger partial charge on any atom is -0.367 e. The van der Waals surface area contributed by atoms with E-state index >= 15 is 0 Å². The molecule has 1 aliphatic carbocycles. The quantitative estimate of drug-likeness (QED) is 0.720. The van der Waals surface area contributed by atoms with Crippen LogP contribution >= 0.6 is 11.3 Å². The first-order valence-electron chi connectivity index (χ1n) is 5.64. The molecule has 1 aromatic heterocycles. The van der Waals surface area contributed by atoms with E-state index in [1.807, 2.05) is 5.51 Å². The van der Waals surface area contributed by atoms with E-state index in [1.54, 1.807) is 11.3 Å². The molecule has 4 rings (SSSR count). The van der Waals surface area contributed by atoms with Gasteiger partial charge < -0.3 is 10.1 Å². The monoisotopic (exact) mass is 222 g/mol. The molecule has 4 heteroatoms. The Labute approximate surface area is 92.9 Å². The molecule has 2 aliphatic heterocycles. The average molecular weight is 222 g/mol. The molecule has 2 fully saturated rings. The van der Waals surface area contributed by atoms with Crippen molar-refractivity contribution in [1.82, 2.24) is 10.3 Å². The summed E-state index contributed by atoms with van der Waals surface area (Å²) in [6.07, 6.45) is 3.65. The van der Waals surface area contributed by atoms with Crippen LogP contribution in [0.15, 0.2) is 5.51 Å². The van der Waals surface area contributed by atoms with Crippen molar-refractivity contribution < 1.29 is 4.74 Å². The van der Waals surface area contributed by atoms with E-state index in [0.29, 0.717) is 5.41 Å². The first kappa shape index (κ1) is 8.67. The predicted octanol–water partition coefficient (Wildman–Crippen LogP) is 1.39. The summed E-state index contributed by atoms with van der Waals surface area (Å²) in [5.74, 6) is 0. The van der Waals surface area contributed by atoms with Gasteiger partial charge in [-0.1, -0.05) is 0 Å². The number of thiazole rings is 1. The SMILES string of the molecule is c1nc2c(s1)[C@]1(CCNC1)OCC21CC1. The lowest BCUT2D eigenvalue weighted by Gasteiger charge is -2.36. The summed E-state index contributed by atoms with van der Waals surface area (Å²) in [6.45, 7) is 2.94. The van der Waals surface area contributed by atoms with Crippen molar-refractivity contribution in [2.24, 2.45) is 0 Å². The van der Waals surface area contributed by atoms with Gasteiger partial charge in [-0.15, -0.1) is 11.3 Å². The summed E-state index contributed by atoms with van der Waals surface area (Å²) in [4.78, 5) is 6.01. The molecule has 0 amide bonds. The number of aromatic nitrogens is 1. The van der Waals surface area contributed by atoms with Crippen LogP contribution in [0.3, 0.4) is 0 Å². The predicted molar refractivity (Wildman–Crippen MR) is 58.1 cm³/mol. The molecule has 0 unspecified atom stereocenters. The van der Waals surface area contributed by atoms with Crippen molar-refractivity contribution in [2.45, 2.75) is 30.3 Å². The van der Waals surface area contributed by atoms with Gasteiger partial charge in [0.2, 0.25) is 0 Å². The Kier molecular flexibility index (Phi) is 1.51. The molecule has 1 saturated heterocycles. The van der Waals surface area contributed by atoms with Gasteiger partial charge in [0.15, 0.2) is 0 Å². The third kappa shape index (κ3) is 0.998. The van der Waals surface area contributed by atoms with Gasteiger partial charge in [-0.2, -0.15) is 0 Å². The molecule has 1 N–H and O–H groups in total. The van der Waals surface area contributed by atoms with Crippen LogP contribution in [0.4, 0.5) is 0 Å². The Morgan fingerprint density at radius 2 is 2.33 bits per heavy atom. The van der Waals surface area contributed by atoms with Crippen molar-refractivity contribution in [3.63, 3.8) is 0 Å². The summed E-state index contributed by atoms with van der Waals surface area (Å²) in [5, 5.41) is 3.42. The van der Waals surface area contributed by atoms with Crippen molar-refractivity contribution in [2.75, 3.05) is 19.7 Å². The van der Waals surface area contributed by atoms with E-state index in [9.17, 15) is 0 Å². The minimum atomic E-state index is -0.0235. The number of ether oxygens (including phenoxy) is 1. The van der Waals surface area contributed by atoms with Gasteiger partial charge >= 0.3 is 0 Å². The zero-order valence-electron chi connectivity index (χ0n) is 8.58. The Bertz CT molecular complexity index is 404. The molecule has 15 heavy (non-hydrogen) atoms. The van der Waals surface area contributed by atoms with E-state index in [4.69, 9.17) is 4.74 Å². The smallest absolute Gasteiger partial charge is 0.118 e. The van der Waals surface area contributed by atoms with Crippen LogP contribution in [-0.2, 0) is 15.8 Å². The minimum absolute atomic E-state index is 0.0235. The number of fused-ring (bicyclic) bond motifs is 3. The number of rotatable bonds is 0. The molecule has 1 atom stereocenters. The maximum atomic E-state index is 6.20. The summed E-state index contributed by atoms with van der Waals surface area (Å²) in [6, 6.07) is 0. The third-order valence-electron chi connectivity index (χ3n) is 4.08. The lowest BCUT2D eigenvalue weighted by atomic mass is 9.89. The fourth-order valence-electron chi connectivity index (χ4n) is 2.88. The molecular formula is C11H14N2OS. The summed E-state index contributed by atoms with van der Waals surface area (Å²) >= 11 is 1.79. The Hall–Kier alpha value is -0.450. The van der Waals surface area contributed by atoms with Crippen molar-refractivity contribution in [3.05, 3.63) is 16.1 Å². The van der Waals surface area contributed by atoms with Crippen LogP contribution in [0.5, 0.6) is 0 Å². The molecule has 3 nitrogen and oxygen atoms in total. The first-order valence-corrected chi connectivity index (χ1v) is 6.52. The Morgan fingerprint density at radius 3 is 3.07 bits per heavy atom. The average Bonchev–Trinajstić information content (AvgIpc) is 2.73. The van der Waals surface area contributed by atoms with E-state index in [1.165, 1.54) is 23.4 Å². The van der Waals surface area contributed by atoms with Crippen LogP contribution in [0.2, 0.25) is 0 Å². The molecule has 0 radical (unpaired) electrons. The van der Waals surface area contributed by atoms with E-state index < -0.39 is 0 Å². The van der Waals surface area contributed by atoms with Gasteiger partial charge in [-0.3, -0.25) is 0 Å². The summed E-state index contributed by atoms with van der Waals surface area (Å²) in [5.41, 5.74) is 3.66. The molecule has 3 aliphatic rings. The van der Waals surface area contributed by atoms with Gasteiger partial charge in [0.25, 0.3) is 0 Å². The highest BCUT2D eigenvalue weighted by Crippen LogP contribution is 2.56. The number of nitrogens with zero attached hydrogens (tertiary/aromatic N) is 1. The van der Waals surface area contributed by atoms with Crippen LogP contribution < -0.4 is 5.32 Å². The van der Waals surface area contributed by atoms with E-state index in [2.05, 4.69) is 10.3 Å². The Balaban J connectivity index is 1.87. The van der Waals surface area contributed by atoms with Crippen LogP contribution in [0.1, 0.15) is 29.8 Å². The van der Waals surface area contributed by atoms with Crippen LogP contribution in [0, 0.1) is 0 Å². The molecule has 0 aromatic carbocycles. The van der Waals surface area contributed by atoms with Gasteiger partial charge in [-0.05, 0) is 25.8 Å². The molecule has 1 saturated carbocycles. The second-order valence-electron chi connectivity index (χ2n) is 5.02. The van der Waals surface area contributed by atoms with Gasteiger partial charge in [0, 0.05) is 12.0 Å². The number of nitrogens with one attached hydrogen (secondary N) is 1. The largest absolute Gasteiger partial charge is 0.367 e. The second-order valence-corrected chi connectivity index (χ2v) is 5.87. The molecule has 80 valence electrons. The molecule has 2 spiro atoms. The summed E-state index contributed by atoms with van der Waals surface area (Å²) < 4.78 is 6.20. The van der Waals surface area contributed by atoms with E-state index in [-0.39, 0.29) is 5.60 Å². The Morgan fingerprint density at radius 1 is 1.40 bits per heavy atom. The zero-order valence-corrected chi connectivity index (χ0v) is 9.40. The fraction of sp³-hybridized carbons (Fsp3) is 0.727. The standard InChI is InChI=1S/C11H14N2OS/c1-2-10(1)6-14-11(3-4-12-5-11)9-8(10)13-7-15-9/h7,12H,1-6H2/t11-/m1/s1. The highest BCUT2D eigenvalue weighted by atomic mass is 32.1. The maximum absolute atomic E-state index is 6.20. The van der Waals surface area contributed by atoms with Gasteiger partial charge in [-0.25, -0.2) is 4.98 Å². The van der Waals surface area contributed by atoms with Crippen molar-refractivity contribution in [1.29, 1.82) is 0 Å². The molecular weight excluding hydrogens is 208 g/mol. The van der Waals surface area contributed by atoms with Gasteiger partial charge in [0.05, 0.1) is 22.7 Å². The van der Waals surface area contributed by atoms with Crippen LogP contribution in [-0.4, -0.2) is 24.7 Å². The first-order chi connectivity index (χ1) is 7.35. The number of hydrogen-bond acceptors (Lipinski definition) is 4.